The van der Waals surface area contributed by atoms with E-state index in [2.05, 4.69) is 21.4 Å². The van der Waals surface area contributed by atoms with Gasteiger partial charge in [-0.15, -0.1) is 11.3 Å². The van der Waals surface area contributed by atoms with Gasteiger partial charge in [-0.1, -0.05) is 11.8 Å². The van der Waals surface area contributed by atoms with Gasteiger partial charge in [0.25, 0.3) is 0 Å². The van der Waals surface area contributed by atoms with Gasteiger partial charge in [0.15, 0.2) is 0 Å². The third-order valence-corrected chi connectivity index (χ3v) is 3.14. The molecule has 0 saturated carbocycles. The number of thiophene rings is 1. The summed E-state index contributed by atoms with van der Waals surface area (Å²) >= 11 is 1.67. The van der Waals surface area contributed by atoms with Gasteiger partial charge in [0.1, 0.15) is 12.4 Å². The Bertz CT molecular complexity index is 530. The van der Waals surface area contributed by atoms with Crippen LogP contribution >= 0.6 is 11.3 Å². The average Bonchev–Trinajstić information content (AvgIpc) is 2.87. The zero-order chi connectivity index (χ0) is 11.4. The van der Waals surface area contributed by atoms with Crippen molar-refractivity contribution in [2.45, 2.75) is 13.5 Å². The monoisotopic (exact) mass is 232 g/mol. The Balaban J connectivity index is 2.11. The van der Waals surface area contributed by atoms with E-state index < -0.39 is 0 Å². The Morgan fingerprint density at radius 1 is 1.56 bits per heavy atom. The second kappa shape index (κ2) is 4.97. The van der Waals surface area contributed by atoms with Crippen LogP contribution in [0.2, 0.25) is 0 Å². The first-order chi connectivity index (χ1) is 7.79. The Morgan fingerprint density at radius 3 is 3.12 bits per heavy atom. The van der Waals surface area contributed by atoms with Crippen LogP contribution in [-0.2, 0) is 6.54 Å². The predicted molar refractivity (Wildman–Crippen MR) is 64.3 cm³/mol. The predicted octanol–water partition coefficient (Wildman–Crippen LogP) is 1.65. The van der Waals surface area contributed by atoms with Gasteiger partial charge in [-0.25, -0.2) is 4.98 Å². The number of hydrogen-bond acceptors (Lipinski definition) is 3. The molecule has 4 heteroatoms. The normalized spacial score (nSPS) is 9.88. The highest BCUT2D eigenvalue weighted by atomic mass is 32.1. The molecule has 0 radical (unpaired) electrons. The lowest BCUT2D eigenvalue weighted by Crippen LogP contribution is -1.98. The fourth-order valence-corrected chi connectivity index (χ4v) is 2.22. The lowest BCUT2D eigenvalue weighted by molar-refractivity contribution is 0.350. The van der Waals surface area contributed by atoms with Gasteiger partial charge < -0.3 is 9.67 Å². The molecule has 3 nitrogen and oxygen atoms in total. The Hall–Kier alpha value is -1.57. The van der Waals surface area contributed by atoms with Crippen molar-refractivity contribution in [3.63, 3.8) is 0 Å². The van der Waals surface area contributed by atoms with Gasteiger partial charge in [0, 0.05) is 28.2 Å². The van der Waals surface area contributed by atoms with E-state index in [4.69, 9.17) is 5.11 Å². The van der Waals surface area contributed by atoms with Gasteiger partial charge in [-0.3, -0.25) is 0 Å². The Labute approximate surface area is 98.4 Å². The summed E-state index contributed by atoms with van der Waals surface area (Å²) in [6, 6.07) is 2.05. The van der Waals surface area contributed by atoms with E-state index in [0.717, 1.165) is 17.9 Å². The van der Waals surface area contributed by atoms with Crippen LogP contribution in [-0.4, -0.2) is 21.3 Å². The lowest BCUT2D eigenvalue weighted by atomic mass is 10.3. The SMILES string of the molecule is Cc1nccn1Cc1cc(C#CCO)cs1. The van der Waals surface area contributed by atoms with Gasteiger partial charge in [-0.2, -0.15) is 0 Å². The van der Waals surface area contributed by atoms with Crippen molar-refractivity contribution in [2.75, 3.05) is 6.61 Å². The molecule has 2 rings (SSSR count). The second-order valence-corrected chi connectivity index (χ2v) is 4.36. The van der Waals surface area contributed by atoms with E-state index in [1.807, 2.05) is 24.6 Å². The minimum Gasteiger partial charge on any atom is -0.384 e. The first-order valence-corrected chi connectivity index (χ1v) is 5.82. The van der Waals surface area contributed by atoms with Crippen molar-refractivity contribution < 1.29 is 5.11 Å². The molecule has 2 aromatic heterocycles. The number of aromatic nitrogens is 2. The molecule has 0 aliphatic carbocycles. The Morgan fingerprint density at radius 2 is 2.44 bits per heavy atom. The van der Waals surface area contributed by atoms with E-state index in [9.17, 15) is 0 Å². The summed E-state index contributed by atoms with van der Waals surface area (Å²) < 4.78 is 2.09. The maximum absolute atomic E-state index is 8.60. The third kappa shape index (κ3) is 2.51. The Kier molecular flexibility index (Phi) is 3.40. The van der Waals surface area contributed by atoms with Crippen molar-refractivity contribution >= 4 is 11.3 Å². The quantitative estimate of drug-likeness (QED) is 0.799. The largest absolute Gasteiger partial charge is 0.384 e. The summed E-state index contributed by atoms with van der Waals surface area (Å²) in [5.41, 5.74) is 0.965. The summed E-state index contributed by atoms with van der Waals surface area (Å²) in [7, 11) is 0. The molecule has 1 N–H and O–H groups in total. The fraction of sp³-hybridized carbons (Fsp3) is 0.250. The second-order valence-electron chi connectivity index (χ2n) is 3.36. The van der Waals surface area contributed by atoms with E-state index in [-0.39, 0.29) is 6.61 Å². The smallest absolute Gasteiger partial charge is 0.105 e. The highest BCUT2D eigenvalue weighted by Crippen LogP contribution is 2.15. The fourth-order valence-electron chi connectivity index (χ4n) is 1.41. The molecule has 0 fully saturated rings. The molecule has 0 spiro atoms. The molecule has 2 aromatic rings. The van der Waals surface area contributed by atoms with Crippen molar-refractivity contribution in [1.29, 1.82) is 0 Å². The average molecular weight is 232 g/mol. The number of nitrogens with zero attached hydrogens (tertiary/aromatic N) is 2. The lowest BCUT2D eigenvalue weighted by Gasteiger charge is -2.01. The molecule has 0 aliphatic heterocycles. The summed E-state index contributed by atoms with van der Waals surface area (Å²) in [4.78, 5) is 5.41. The summed E-state index contributed by atoms with van der Waals surface area (Å²) in [5, 5.41) is 10.6. The summed E-state index contributed by atoms with van der Waals surface area (Å²) in [5.74, 6) is 6.55. The van der Waals surface area contributed by atoms with Crippen molar-refractivity contribution in [1.82, 2.24) is 9.55 Å². The van der Waals surface area contributed by atoms with Crippen LogP contribution in [0.15, 0.2) is 23.8 Å². The molecular weight excluding hydrogens is 220 g/mol. The molecule has 82 valence electrons. The molecule has 0 atom stereocenters. The minimum atomic E-state index is -0.0915. The first kappa shape index (κ1) is 10.9. The molecule has 0 saturated heterocycles. The summed E-state index contributed by atoms with van der Waals surface area (Å²) in [6.07, 6.45) is 3.77. The third-order valence-electron chi connectivity index (χ3n) is 2.22. The maximum Gasteiger partial charge on any atom is 0.105 e. The molecule has 16 heavy (non-hydrogen) atoms. The van der Waals surface area contributed by atoms with Crippen LogP contribution in [0.4, 0.5) is 0 Å². The van der Waals surface area contributed by atoms with Gasteiger partial charge in [0.2, 0.25) is 0 Å². The maximum atomic E-state index is 8.60. The van der Waals surface area contributed by atoms with Crippen LogP contribution in [0.25, 0.3) is 0 Å². The zero-order valence-corrected chi connectivity index (χ0v) is 9.79. The first-order valence-electron chi connectivity index (χ1n) is 4.94. The standard InChI is InChI=1S/C12H12N2OS/c1-10-13-4-5-14(10)8-12-7-11(9-16-12)3-2-6-15/h4-5,7,9,15H,6,8H2,1H3. The van der Waals surface area contributed by atoms with Crippen LogP contribution in [0, 0.1) is 18.8 Å². The number of aryl methyl sites for hydroxylation is 1. The van der Waals surface area contributed by atoms with E-state index in [1.165, 1.54) is 4.88 Å². The highest BCUT2D eigenvalue weighted by Gasteiger charge is 2.01. The highest BCUT2D eigenvalue weighted by molar-refractivity contribution is 7.10. The van der Waals surface area contributed by atoms with E-state index >= 15 is 0 Å². The van der Waals surface area contributed by atoms with E-state index in [1.54, 1.807) is 17.5 Å². The van der Waals surface area contributed by atoms with Crippen molar-refractivity contribution in [3.05, 3.63) is 40.1 Å². The zero-order valence-electron chi connectivity index (χ0n) is 8.97. The molecule has 0 aliphatic rings. The number of aliphatic hydroxyl groups is 1. The molecule has 0 unspecified atom stereocenters. The topological polar surface area (TPSA) is 38.0 Å². The van der Waals surface area contributed by atoms with Gasteiger partial charge in [-0.05, 0) is 13.0 Å². The molecular formula is C12H12N2OS. The van der Waals surface area contributed by atoms with Crippen LogP contribution in [0.1, 0.15) is 16.3 Å². The molecule has 2 heterocycles. The van der Waals surface area contributed by atoms with Crippen LogP contribution in [0.5, 0.6) is 0 Å². The van der Waals surface area contributed by atoms with E-state index in [0.29, 0.717) is 0 Å². The number of imidazole rings is 1. The minimum absolute atomic E-state index is 0.0915. The van der Waals surface area contributed by atoms with Crippen molar-refractivity contribution in [2.24, 2.45) is 0 Å². The number of hydrogen-bond donors (Lipinski definition) is 1. The van der Waals surface area contributed by atoms with Gasteiger partial charge in [0.05, 0.1) is 6.54 Å². The number of aliphatic hydroxyl groups excluding tert-OH is 1. The van der Waals surface area contributed by atoms with Crippen molar-refractivity contribution in [3.8, 4) is 11.8 Å². The molecule has 0 amide bonds. The summed E-state index contributed by atoms with van der Waals surface area (Å²) in [6.45, 7) is 2.73. The van der Waals surface area contributed by atoms with Gasteiger partial charge >= 0.3 is 0 Å². The van der Waals surface area contributed by atoms with Crippen LogP contribution < -0.4 is 0 Å². The molecule has 0 bridgehead atoms. The molecule has 0 aromatic carbocycles. The van der Waals surface area contributed by atoms with Crippen LogP contribution in [0.3, 0.4) is 0 Å². The number of rotatable bonds is 2.